The molecular weight excluding hydrogens is 224 g/mol. The maximum atomic E-state index is 5.70. The van der Waals surface area contributed by atoms with Crippen LogP contribution < -0.4 is 5.73 Å². The van der Waals surface area contributed by atoms with Gasteiger partial charge in [0.15, 0.2) is 0 Å². The standard InChI is InChI=1S/C15H20N2O/c16-7-5-12-3-4-15-13(10-12)6-8-17(15)11-14-2-1-9-18-14/h3-4,6,8,10,14H,1-2,5,7,9,11,16H2. The first kappa shape index (κ1) is 11.8. The molecule has 96 valence electrons. The highest BCUT2D eigenvalue weighted by Gasteiger charge is 2.16. The minimum atomic E-state index is 0.393. The molecule has 2 aromatic rings. The summed E-state index contributed by atoms with van der Waals surface area (Å²) in [6.07, 6.45) is 5.89. The van der Waals surface area contributed by atoms with Gasteiger partial charge in [-0.1, -0.05) is 6.07 Å². The van der Waals surface area contributed by atoms with Crippen LogP contribution in [0.4, 0.5) is 0 Å². The van der Waals surface area contributed by atoms with Crippen molar-refractivity contribution in [3.8, 4) is 0 Å². The first-order valence-electron chi connectivity index (χ1n) is 6.76. The van der Waals surface area contributed by atoms with E-state index in [2.05, 4.69) is 35.0 Å². The Morgan fingerprint density at radius 1 is 1.33 bits per heavy atom. The summed E-state index contributed by atoms with van der Waals surface area (Å²) in [6, 6.07) is 8.81. The van der Waals surface area contributed by atoms with Gasteiger partial charge in [0.1, 0.15) is 0 Å². The van der Waals surface area contributed by atoms with Crippen molar-refractivity contribution in [1.82, 2.24) is 4.57 Å². The maximum absolute atomic E-state index is 5.70. The molecule has 1 aliphatic rings. The van der Waals surface area contributed by atoms with E-state index in [0.717, 1.165) is 19.6 Å². The van der Waals surface area contributed by atoms with Crippen LogP contribution in [0.15, 0.2) is 30.5 Å². The summed E-state index contributed by atoms with van der Waals surface area (Å²) in [7, 11) is 0. The van der Waals surface area contributed by atoms with Crippen molar-refractivity contribution in [2.24, 2.45) is 5.73 Å². The van der Waals surface area contributed by atoms with Crippen LogP contribution in [0.2, 0.25) is 0 Å². The summed E-state index contributed by atoms with van der Waals surface area (Å²) in [4.78, 5) is 0. The number of ether oxygens (including phenoxy) is 1. The molecule has 1 aromatic heterocycles. The average Bonchev–Trinajstić information content (AvgIpc) is 3.00. The minimum absolute atomic E-state index is 0.393. The van der Waals surface area contributed by atoms with Crippen LogP contribution in [-0.2, 0) is 17.7 Å². The lowest BCUT2D eigenvalue weighted by Crippen LogP contribution is -2.13. The first-order chi connectivity index (χ1) is 8.86. The maximum Gasteiger partial charge on any atom is 0.0754 e. The molecule has 0 bridgehead atoms. The van der Waals surface area contributed by atoms with E-state index < -0.39 is 0 Å². The van der Waals surface area contributed by atoms with Gasteiger partial charge in [0, 0.05) is 24.9 Å². The summed E-state index contributed by atoms with van der Waals surface area (Å²) < 4.78 is 8.00. The zero-order valence-corrected chi connectivity index (χ0v) is 10.6. The quantitative estimate of drug-likeness (QED) is 0.896. The zero-order valence-electron chi connectivity index (χ0n) is 10.6. The van der Waals surface area contributed by atoms with Crippen LogP contribution in [0.25, 0.3) is 10.9 Å². The number of benzene rings is 1. The Hall–Kier alpha value is -1.32. The Bertz CT molecular complexity index is 526. The van der Waals surface area contributed by atoms with Crippen molar-refractivity contribution < 1.29 is 4.74 Å². The van der Waals surface area contributed by atoms with Gasteiger partial charge in [-0.3, -0.25) is 0 Å². The smallest absolute Gasteiger partial charge is 0.0754 e. The third-order valence-electron chi connectivity index (χ3n) is 3.69. The normalized spacial score (nSPS) is 19.7. The summed E-state index contributed by atoms with van der Waals surface area (Å²) in [5.41, 5.74) is 8.21. The lowest BCUT2D eigenvalue weighted by atomic mass is 10.1. The largest absolute Gasteiger partial charge is 0.376 e. The van der Waals surface area contributed by atoms with Gasteiger partial charge in [-0.15, -0.1) is 0 Å². The van der Waals surface area contributed by atoms with Crippen molar-refractivity contribution in [3.05, 3.63) is 36.0 Å². The third kappa shape index (κ3) is 2.28. The molecule has 1 unspecified atom stereocenters. The van der Waals surface area contributed by atoms with Gasteiger partial charge >= 0.3 is 0 Å². The second-order valence-electron chi connectivity index (χ2n) is 5.03. The molecule has 1 fully saturated rings. The molecule has 0 spiro atoms. The van der Waals surface area contributed by atoms with Crippen LogP contribution in [0.1, 0.15) is 18.4 Å². The van der Waals surface area contributed by atoms with E-state index in [9.17, 15) is 0 Å². The van der Waals surface area contributed by atoms with E-state index in [-0.39, 0.29) is 0 Å². The summed E-state index contributed by atoms with van der Waals surface area (Å²) in [5, 5.41) is 1.30. The second-order valence-corrected chi connectivity index (χ2v) is 5.03. The molecule has 18 heavy (non-hydrogen) atoms. The first-order valence-corrected chi connectivity index (χ1v) is 6.76. The second kappa shape index (κ2) is 5.12. The van der Waals surface area contributed by atoms with Crippen LogP contribution in [0, 0.1) is 0 Å². The molecule has 0 amide bonds. The fourth-order valence-corrected chi connectivity index (χ4v) is 2.74. The van der Waals surface area contributed by atoms with Crippen molar-refractivity contribution in [1.29, 1.82) is 0 Å². The molecule has 1 atom stereocenters. The highest BCUT2D eigenvalue weighted by Crippen LogP contribution is 2.21. The van der Waals surface area contributed by atoms with Gasteiger partial charge in [0.2, 0.25) is 0 Å². The molecule has 2 heterocycles. The predicted molar refractivity (Wildman–Crippen MR) is 73.7 cm³/mol. The lowest BCUT2D eigenvalue weighted by Gasteiger charge is -2.11. The van der Waals surface area contributed by atoms with Gasteiger partial charge < -0.3 is 15.0 Å². The third-order valence-corrected chi connectivity index (χ3v) is 3.69. The number of aromatic nitrogens is 1. The SMILES string of the molecule is NCCc1ccc2c(ccn2CC2CCCO2)c1. The molecule has 1 aromatic carbocycles. The molecule has 1 saturated heterocycles. The highest BCUT2D eigenvalue weighted by atomic mass is 16.5. The number of hydrogen-bond acceptors (Lipinski definition) is 2. The Kier molecular flexibility index (Phi) is 3.35. The van der Waals surface area contributed by atoms with Crippen molar-refractivity contribution in [2.45, 2.75) is 31.9 Å². The van der Waals surface area contributed by atoms with Gasteiger partial charge in [0.25, 0.3) is 0 Å². The fraction of sp³-hybridized carbons (Fsp3) is 0.467. The topological polar surface area (TPSA) is 40.2 Å². The zero-order chi connectivity index (χ0) is 12.4. The van der Waals surface area contributed by atoms with E-state index in [1.165, 1.54) is 29.3 Å². The summed E-state index contributed by atoms with van der Waals surface area (Å²) in [6.45, 7) is 2.60. The van der Waals surface area contributed by atoms with Crippen LogP contribution >= 0.6 is 0 Å². The molecule has 0 radical (unpaired) electrons. The Morgan fingerprint density at radius 3 is 3.06 bits per heavy atom. The minimum Gasteiger partial charge on any atom is -0.376 e. The number of nitrogens with two attached hydrogens (primary N) is 1. The molecule has 1 aliphatic heterocycles. The van der Waals surface area contributed by atoms with Gasteiger partial charge in [-0.25, -0.2) is 0 Å². The van der Waals surface area contributed by atoms with Gasteiger partial charge in [0.05, 0.1) is 6.10 Å². The van der Waals surface area contributed by atoms with Crippen LogP contribution in [0.5, 0.6) is 0 Å². The fourth-order valence-electron chi connectivity index (χ4n) is 2.74. The van der Waals surface area contributed by atoms with Gasteiger partial charge in [-0.05, 0) is 55.0 Å². The molecule has 3 nitrogen and oxygen atoms in total. The molecule has 0 saturated carbocycles. The van der Waals surface area contributed by atoms with Crippen LogP contribution in [-0.4, -0.2) is 23.8 Å². The molecule has 2 N–H and O–H groups in total. The highest BCUT2D eigenvalue weighted by molar-refractivity contribution is 5.80. The number of hydrogen-bond donors (Lipinski definition) is 1. The number of rotatable bonds is 4. The monoisotopic (exact) mass is 244 g/mol. The predicted octanol–water partition coefficient (Wildman–Crippen LogP) is 2.32. The Balaban J connectivity index is 1.84. The van der Waals surface area contributed by atoms with E-state index in [4.69, 9.17) is 10.5 Å². The molecular formula is C15H20N2O. The Labute approximate surface area is 108 Å². The summed E-state index contributed by atoms with van der Waals surface area (Å²) >= 11 is 0. The van der Waals surface area contributed by atoms with Crippen molar-refractivity contribution >= 4 is 10.9 Å². The number of fused-ring (bicyclic) bond motifs is 1. The summed E-state index contributed by atoms with van der Waals surface area (Å²) in [5.74, 6) is 0. The Morgan fingerprint density at radius 2 is 2.28 bits per heavy atom. The van der Waals surface area contributed by atoms with Crippen LogP contribution in [0.3, 0.4) is 0 Å². The average molecular weight is 244 g/mol. The van der Waals surface area contributed by atoms with E-state index in [0.29, 0.717) is 12.6 Å². The van der Waals surface area contributed by atoms with E-state index in [1.807, 2.05) is 0 Å². The molecule has 0 aliphatic carbocycles. The van der Waals surface area contributed by atoms with Crippen molar-refractivity contribution in [3.63, 3.8) is 0 Å². The van der Waals surface area contributed by atoms with Gasteiger partial charge in [-0.2, -0.15) is 0 Å². The van der Waals surface area contributed by atoms with Crippen molar-refractivity contribution in [2.75, 3.05) is 13.2 Å². The van der Waals surface area contributed by atoms with E-state index in [1.54, 1.807) is 0 Å². The number of nitrogens with zero attached hydrogens (tertiary/aromatic N) is 1. The molecule has 3 rings (SSSR count). The lowest BCUT2D eigenvalue weighted by molar-refractivity contribution is 0.0980. The molecule has 3 heteroatoms. The van der Waals surface area contributed by atoms with E-state index >= 15 is 0 Å².